The van der Waals surface area contributed by atoms with Crippen molar-refractivity contribution in [3.8, 4) is 0 Å². The van der Waals surface area contributed by atoms with E-state index in [2.05, 4.69) is 97.0 Å². The van der Waals surface area contributed by atoms with Crippen molar-refractivity contribution in [2.75, 3.05) is 0 Å². The number of fused-ring (bicyclic) bond motifs is 8. The van der Waals surface area contributed by atoms with E-state index in [1.54, 1.807) is 0 Å². The molecule has 272 valence electrons. The number of H-pyrrole nitrogens is 2. The van der Waals surface area contributed by atoms with Crippen LogP contribution >= 0.6 is 0 Å². The number of benzene rings is 2. The van der Waals surface area contributed by atoms with E-state index < -0.39 is 0 Å². The Bertz CT molecular complexity index is 1480. The summed E-state index contributed by atoms with van der Waals surface area (Å²) >= 11 is 0. The number of nitrogens with one attached hydrogen (secondary N) is 6. The topological polar surface area (TPSA) is 120 Å². The SMILES string of the molecule is CCc1c(CO)c(CC)c2c(CC)c1CNCc1ccc([nH]1)CNCc1c(CC)c(CO)c(CC)c(c1CC)CNCc1ccc([nH]1)CNC2. The van der Waals surface area contributed by atoms with Crippen LogP contribution in [0, 0.1) is 0 Å². The molecule has 0 amide bonds. The summed E-state index contributed by atoms with van der Waals surface area (Å²) in [4.78, 5) is 7.29. The second-order valence-electron chi connectivity index (χ2n) is 13.6. The first-order chi connectivity index (χ1) is 24.5. The Balaban J connectivity index is 1.50. The summed E-state index contributed by atoms with van der Waals surface area (Å²) in [6, 6.07) is 8.75. The summed E-state index contributed by atoms with van der Waals surface area (Å²) in [6.45, 7) is 19.6. The summed E-state index contributed by atoms with van der Waals surface area (Å²) in [5.41, 5.74) is 20.3. The molecule has 0 saturated carbocycles. The molecule has 8 nitrogen and oxygen atoms in total. The Labute approximate surface area is 300 Å². The predicted octanol–water partition coefficient (Wildman–Crippen LogP) is 6.17. The fourth-order valence-electron chi connectivity index (χ4n) is 8.66. The van der Waals surface area contributed by atoms with Gasteiger partial charge in [-0.2, -0.15) is 0 Å². The average molecular weight is 683 g/mol. The summed E-state index contributed by atoms with van der Waals surface area (Å²) in [7, 11) is 0. The summed E-state index contributed by atoms with van der Waals surface area (Å²) in [6.07, 6.45) is 5.52. The first kappa shape index (κ1) is 38.0. The number of hydrogen-bond acceptors (Lipinski definition) is 6. The Morgan fingerprint density at radius 1 is 0.360 bits per heavy atom. The summed E-state index contributed by atoms with van der Waals surface area (Å²) in [5.74, 6) is 0. The molecule has 0 atom stereocenters. The highest BCUT2D eigenvalue weighted by molar-refractivity contribution is 5.53. The second-order valence-corrected chi connectivity index (χ2v) is 13.6. The molecule has 50 heavy (non-hydrogen) atoms. The fourth-order valence-corrected chi connectivity index (χ4v) is 8.66. The van der Waals surface area contributed by atoms with Crippen LogP contribution in [-0.4, -0.2) is 20.2 Å². The zero-order valence-electron chi connectivity index (χ0n) is 31.5. The average Bonchev–Trinajstić information content (AvgIpc) is 3.79. The van der Waals surface area contributed by atoms with Gasteiger partial charge in [-0.25, -0.2) is 0 Å². The highest BCUT2D eigenvalue weighted by Gasteiger charge is 2.22. The van der Waals surface area contributed by atoms with E-state index in [1.807, 2.05) is 0 Å². The van der Waals surface area contributed by atoms with Crippen molar-refractivity contribution in [3.05, 3.63) is 114 Å². The largest absolute Gasteiger partial charge is 0.392 e. The molecule has 1 aliphatic heterocycles. The third-order valence-electron chi connectivity index (χ3n) is 10.9. The molecule has 2 aromatic carbocycles. The van der Waals surface area contributed by atoms with Crippen LogP contribution in [0.3, 0.4) is 0 Å². The van der Waals surface area contributed by atoms with Crippen molar-refractivity contribution in [1.29, 1.82) is 0 Å². The lowest BCUT2D eigenvalue weighted by molar-refractivity contribution is 0.278. The third kappa shape index (κ3) is 8.12. The molecule has 0 unspecified atom stereocenters. The lowest BCUT2D eigenvalue weighted by atomic mass is 9.83. The molecule has 0 radical (unpaired) electrons. The normalized spacial score (nSPS) is 14.9. The Hall–Kier alpha value is -3.24. The first-order valence-electron chi connectivity index (χ1n) is 19.2. The molecule has 3 heterocycles. The fraction of sp³-hybridized carbons (Fsp3) is 0.524. The van der Waals surface area contributed by atoms with Gasteiger partial charge in [0.1, 0.15) is 0 Å². The van der Waals surface area contributed by atoms with Crippen LogP contribution in [0.5, 0.6) is 0 Å². The Morgan fingerprint density at radius 3 is 0.800 bits per heavy atom. The van der Waals surface area contributed by atoms with E-state index in [-0.39, 0.29) is 13.2 Å². The van der Waals surface area contributed by atoms with Gasteiger partial charge in [0.25, 0.3) is 0 Å². The molecular formula is C42H62N6O2. The van der Waals surface area contributed by atoms with Crippen LogP contribution in [0.2, 0.25) is 0 Å². The highest BCUT2D eigenvalue weighted by atomic mass is 16.3. The van der Waals surface area contributed by atoms with Crippen LogP contribution in [0.1, 0.15) is 131 Å². The number of aliphatic hydroxyl groups excluding tert-OH is 2. The zero-order valence-corrected chi connectivity index (χ0v) is 31.5. The van der Waals surface area contributed by atoms with Gasteiger partial charge in [0, 0.05) is 75.1 Å². The van der Waals surface area contributed by atoms with E-state index in [0.717, 1.165) is 102 Å². The lowest BCUT2D eigenvalue weighted by Gasteiger charge is -2.26. The van der Waals surface area contributed by atoms with Crippen molar-refractivity contribution in [3.63, 3.8) is 0 Å². The van der Waals surface area contributed by atoms with Crippen molar-refractivity contribution in [2.24, 2.45) is 0 Å². The van der Waals surface area contributed by atoms with Gasteiger partial charge in [-0.05, 0) is 130 Å². The molecule has 0 saturated heterocycles. The van der Waals surface area contributed by atoms with Crippen LogP contribution in [-0.2, 0) is 104 Å². The molecule has 2 aromatic heterocycles. The summed E-state index contributed by atoms with van der Waals surface area (Å²) in [5, 5.41) is 36.3. The molecule has 1 aliphatic rings. The minimum Gasteiger partial charge on any atom is -0.392 e. The third-order valence-corrected chi connectivity index (χ3v) is 10.9. The molecule has 8 heteroatoms. The summed E-state index contributed by atoms with van der Waals surface area (Å²) < 4.78 is 0. The minimum absolute atomic E-state index is 0.0699. The molecule has 5 rings (SSSR count). The number of aromatic nitrogens is 2. The van der Waals surface area contributed by atoms with Gasteiger partial charge >= 0.3 is 0 Å². The Morgan fingerprint density at radius 2 is 0.600 bits per heavy atom. The van der Waals surface area contributed by atoms with Gasteiger partial charge in [0.15, 0.2) is 0 Å². The first-order valence-corrected chi connectivity index (χ1v) is 19.2. The maximum Gasteiger partial charge on any atom is 0.0687 e. The van der Waals surface area contributed by atoms with Crippen molar-refractivity contribution < 1.29 is 10.2 Å². The molecule has 0 spiro atoms. The molecule has 8 bridgehead atoms. The predicted molar refractivity (Wildman–Crippen MR) is 205 cm³/mol. The van der Waals surface area contributed by atoms with Crippen molar-refractivity contribution in [1.82, 2.24) is 31.2 Å². The van der Waals surface area contributed by atoms with Crippen molar-refractivity contribution in [2.45, 2.75) is 146 Å². The van der Waals surface area contributed by atoms with Gasteiger partial charge in [-0.1, -0.05) is 41.5 Å². The zero-order chi connectivity index (χ0) is 35.6. The highest BCUT2D eigenvalue weighted by Crippen LogP contribution is 2.32. The van der Waals surface area contributed by atoms with Crippen LogP contribution in [0.25, 0.3) is 0 Å². The maximum absolute atomic E-state index is 10.6. The number of hydrogen-bond donors (Lipinski definition) is 8. The van der Waals surface area contributed by atoms with E-state index in [4.69, 9.17) is 0 Å². The van der Waals surface area contributed by atoms with Gasteiger partial charge in [-0.3, -0.25) is 0 Å². The van der Waals surface area contributed by atoms with Crippen LogP contribution in [0.4, 0.5) is 0 Å². The standard InChI is InChI=1S/C42H62N6O2/c1-7-31-37-21-43-17-27-13-15-29(47-27)19-45-23-39-32(8-2)40(36(12-6)42(26-50)35(39)11-5)24-46-20-30-16-14-28(48-30)18-44-22-38(31)34(10-4)41(25-49)33(37)9-3/h13-16,43-50H,7-12,17-26H2,1-6H3. The molecule has 8 N–H and O–H groups in total. The van der Waals surface area contributed by atoms with Gasteiger partial charge in [0.05, 0.1) is 13.2 Å². The number of aromatic amines is 2. The van der Waals surface area contributed by atoms with E-state index in [1.165, 1.54) is 78.4 Å². The quantitative estimate of drug-likeness (QED) is 0.113. The molecule has 4 aromatic rings. The molecular weight excluding hydrogens is 621 g/mol. The van der Waals surface area contributed by atoms with Gasteiger partial charge in [0.2, 0.25) is 0 Å². The smallest absolute Gasteiger partial charge is 0.0687 e. The van der Waals surface area contributed by atoms with E-state index in [9.17, 15) is 10.2 Å². The molecule has 0 fully saturated rings. The van der Waals surface area contributed by atoms with Gasteiger partial charge < -0.3 is 41.4 Å². The van der Waals surface area contributed by atoms with E-state index >= 15 is 0 Å². The maximum atomic E-state index is 10.6. The van der Waals surface area contributed by atoms with E-state index in [0.29, 0.717) is 0 Å². The monoisotopic (exact) mass is 682 g/mol. The minimum atomic E-state index is 0.0699. The Kier molecular flexibility index (Phi) is 13.9. The van der Waals surface area contributed by atoms with Crippen molar-refractivity contribution >= 4 is 0 Å². The van der Waals surface area contributed by atoms with Gasteiger partial charge in [-0.15, -0.1) is 0 Å². The number of aliphatic hydroxyl groups is 2. The lowest BCUT2D eigenvalue weighted by Crippen LogP contribution is -2.23. The molecule has 0 aliphatic carbocycles. The number of rotatable bonds is 8. The van der Waals surface area contributed by atoms with Crippen LogP contribution < -0.4 is 21.3 Å². The van der Waals surface area contributed by atoms with Crippen LogP contribution in [0.15, 0.2) is 24.3 Å². The second kappa shape index (κ2) is 18.3.